The smallest absolute Gasteiger partial charge is 0.390 e. The first-order valence-corrected chi connectivity index (χ1v) is 7.21. The maximum Gasteiger partial charge on any atom is 0.391 e. The van der Waals surface area contributed by atoms with Gasteiger partial charge in [0.2, 0.25) is 0 Å². The van der Waals surface area contributed by atoms with Crippen LogP contribution >= 0.6 is 0 Å². The minimum atomic E-state index is -4.21. The molecule has 2 atom stereocenters. The second-order valence-corrected chi connectivity index (χ2v) is 6.07. The summed E-state index contributed by atoms with van der Waals surface area (Å²) >= 11 is 0. The molecule has 0 aromatic carbocycles. The normalized spacial score (nSPS) is 27.1. The highest BCUT2D eigenvalue weighted by molar-refractivity contribution is 5.56. The molecule has 0 aliphatic heterocycles. The molecule has 3 rings (SSSR count). The van der Waals surface area contributed by atoms with Gasteiger partial charge in [-0.15, -0.1) is 0 Å². The van der Waals surface area contributed by atoms with Crippen LogP contribution in [-0.4, -0.2) is 21.3 Å². The predicted molar refractivity (Wildman–Crippen MR) is 74.1 cm³/mol. The Bertz CT molecular complexity index is 634. The number of aliphatic hydroxyl groups is 1. The first kappa shape index (κ1) is 14.4. The lowest BCUT2D eigenvalue weighted by Gasteiger charge is -2.37. The molecule has 1 fully saturated rings. The van der Waals surface area contributed by atoms with Crippen LogP contribution in [0.15, 0.2) is 36.7 Å². The van der Waals surface area contributed by atoms with Crippen LogP contribution in [0.2, 0.25) is 0 Å². The minimum absolute atomic E-state index is 0.127. The van der Waals surface area contributed by atoms with Crippen molar-refractivity contribution >= 4 is 5.52 Å². The Morgan fingerprint density at radius 3 is 2.81 bits per heavy atom. The van der Waals surface area contributed by atoms with Crippen LogP contribution in [0.1, 0.15) is 31.2 Å². The second-order valence-electron chi connectivity index (χ2n) is 6.07. The molecular weight excluding hydrogens is 279 g/mol. The van der Waals surface area contributed by atoms with Gasteiger partial charge in [0.25, 0.3) is 0 Å². The number of pyridine rings is 1. The molecule has 1 aliphatic carbocycles. The average Bonchev–Trinajstić information content (AvgIpc) is 2.81. The molecular formula is C16H18F3NO. The maximum atomic E-state index is 12.9. The van der Waals surface area contributed by atoms with E-state index in [2.05, 4.69) is 0 Å². The number of nitrogens with zero attached hydrogens (tertiary/aromatic N) is 1. The fourth-order valence-electron chi connectivity index (χ4n) is 3.40. The third kappa shape index (κ3) is 2.93. The Hall–Kier alpha value is -1.49. The zero-order valence-corrected chi connectivity index (χ0v) is 11.6. The van der Waals surface area contributed by atoms with Gasteiger partial charge in [-0.25, -0.2) is 0 Å². The monoisotopic (exact) mass is 297 g/mol. The number of hydrogen-bond acceptors (Lipinski definition) is 1. The van der Waals surface area contributed by atoms with E-state index in [1.807, 2.05) is 41.1 Å². The summed E-state index contributed by atoms with van der Waals surface area (Å²) in [5.74, 6) is -1.38. The highest BCUT2D eigenvalue weighted by Gasteiger charge is 2.47. The van der Waals surface area contributed by atoms with Gasteiger partial charge in [-0.05, 0) is 49.4 Å². The SMILES string of the molecule is OC1(Cc2ccn3ccccc23)CCCC(C(F)(F)F)C1. The summed E-state index contributed by atoms with van der Waals surface area (Å²) in [5, 5.41) is 10.6. The van der Waals surface area contributed by atoms with E-state index in [0.29, 0.717) is 12.8 Å². The third-order valence-electron chi connectivity index (χ3n) is 4.46. The van der Waals surface area contributed by atoms with Crippen molar-refractivity contribution in [2.75, 3.05) is 0 Å². The van der Waals surface area contributed by atoms with Gasteiger partial charge in [-0.1, -0.05) is 6.07 Å². The molecule has 0 spiro atoms. The summed E-state index contributed by atoms with van der Waals surface area (Å²) in [7, 11) is 0. The van der Waals surface area contributed by atoms with E-state index in [1.165, 1.54) is 0 Å². The Balaban J connectivity index is 1.83. The van der Waals surface area contributed by atoms with Gasteiger partial charge in [0.05, 0.1) is 11.5 Å². The number of hydrogen-bond donors (Lipinski definition) is 1. The van der Waals surface area contributed by atoms with E-state index in [1.54, 1.807) is 0 Å². The standard InChI is InChI=1S/C16H18F3NO/c17-16(18,19)13-4-3-7-15(21,11-13)10-12-6-9-20-8-2-1-5-14(12)20/h1-2,5-6,8-9,13,21H,3-4,7,10-11H2. The molecule has 2 aromatic rings. The second kappa shape index (κ2) is 5.05. The van der Waals surface area contributed by atoms with Crippen molar-refractivity contribution in [3.8, 4) is 0 Å². The summed E-state index contributed by atoms with van der Waals surface area (Å²) in [5.41, 5.74) is 0.594. The molecule has 1 saturated carbocycles. The molecule has 0 bridgehead atoms. The maximum absolute atomic E-state index is 12.9. The van der Waals surface area contributed by atoms with Gasteiger partial charge in [0.15, 0.2) is 0 Å². The zero-order valence-electron chi connectivity index (χ0n) is 11.6. The summed E-state index contributed by atoms with van der Waals surface area (Å²) in [4.78, 5) is 0. The number of alkyl halides is 3. The van der Waals surface area contributed by atoms with Crippen LogP contribution in [0.25, 0.3) is 5.52 Å². The van der Waals surface area contributed by atoms with Gasteiger partial charge < -0.3 is 9.51 Å². The molecule has 0 amide bonds. The minimum Gasteiger partial charge on any atom is -0.390 e. The summed E-state index contributed by atoms with van der Waals surface area (Å²) < 4.78 is 40.6. The van der Waals surface area contributed by atoms with Crippen molar-refractivity contribution in [3.63, 3.8) is 0 Å². The molecule has 2 aromatic heterocycles. The van der Waals surface area contributed by atoms with Crippen molar-refractivity contribution in [1.29, 1.82) is 0 Å². The molecule has 2 unspecified atom stereocenters. The molecule has 1 aliphatic rings. The predicted octanol–water partition coefficient (Wildman–Crippen LogP) is 3.97. The first-order chi connectivity index (χ1) is 9.87. The molecule has 2 nitrogen and oxygen atoms in total. The van der Waals surface area contributed by atoms with Crippen LogP contribution in [0.3, 0.4) is 0 Å². The number of halogens is 3. The average molecular weight is 297 g/mol. The van der Waals surface area contributed by atoms with E-state index in [4.69, 9.17) is 0 Å². The van der Waals surface area contributed by atoms with Crippen LogP contribution in [0.5, 0.6) is 0 Å². The van der Waals surface area contributed by atoms with Crippen LogP contribution < -0.4 is 0 Å². The van der Waals surface area contributed by atoms with Crippen LogP contribution in [-0.2, 0) is 6.42 Å². The number of aromatic nitrogens is 1. The zero-order chi connectivity index (χ0) is 15.1. The number of fused-ring (bicyclic) bond motifs is 1. The van der Waals surface area contributed by atoms with Gasteiger partial charge in [0.1, 0.15) is 0 Å². The molecule has 5 heteroatoms. The van der Waals surface area contributed by atoms with Crippen LogP contribution in [0.4, 0.5) is 13.2 Å². The topological polar surface area (TPSA) is 24.6 Å². The molecule has 21 heavy (non-hydrogen) atoms. The lowest BCUT2D eigenvalue weighted by molar-refractivity contribution is -0.200. The van der Waals surface area contributed by atoms with E-state index < -0.39 is 17.7 Å². The van der Waals surface area contributed by atoms with Crippen LogP contribution in [0, 0.1) is 5.92 Å². The fourth-order valence-corrected chi connectivity index (χ4v) is 3.40. The largest absolute Gasteiger partial charge is 0.391 e. The van der Waals surface area contributed by atoms with Gasteiger partial charge >= 0.3 is 6.18 Å². The molecule has 114 valence electrons. The molecule has 1 N–H and O–H groups in total. The van der Waals surface area contributed by atoms with Gasteiger partial charge in [-0.3, -0.25) is 0 Å². The van der Waals surface area contributed by atoms with Gasteiger partial charge in [-0.2, -0.15) is 13.2 Å². The Morgan fingerprint density at radius 1 is 1.24 bits per heavy atom. The number of rotatable bonds is 2. The molecule has 0 saturated heterocycles. The highest BCUT2D eigenvalue weighted by atomic mass is 19.4. The van der Waals surface area contributed by atoms with Crippen molar-refractivity contribution < 1.29 is 18.3 Å². The van der Waals surface area contributed by atoms with Crippen molar-refractivity contribution in [1.82, 2.24) is 4.40 Å². The van der Waals surface area contributed by atoms with E-state index in [9.17, 15) is 18.3 Å². The quantitative estimate of drug-likeness (QED) is 0.891. The lowest BCUT2D eigenvalue weighted by atomic mass is 9.75. The van der Waals surface area contributed by atoms with E-state index in [-0.39, 0.29) is 19.3 Å². The fraction of sp³-hybridized carbons (Fsp3) is 0.500. The lowest BCUT2D eigenvalue weighted by Crippen LogP contribution is -2.41. The van der Waals surface area contributed by atoms with Gasteiger partial charge in [0, 0.05) is 24.3 Å². The highest BCUT2D eigenvalue weighted by Crippen LogP contribution is 2.43. The summed E-state index contributed by atoms with van der Waals surface area (Å²) in [6.07, 6.45) is 0.622. The van der Waals surface area contributed by atoms with Crippen molar-refractivity contribution in [2.24, 2.45) is 5.92 Å². The summed E-state index contributed by atoms with van der Waals surface area (Å²) in [6, 6.07) is 7.58. The Morgan fingerprint density at radius 2 is 2.05 bits per heavy atom. The first-order valence-electron chi connectivity index (χ1n) is 7.21. The third-order valence-corrected chi connectivity index (χ3v) is 4.46. The van der Waals surface area contributed by atoms with E-state index in [0.717, 1.165) is 11.1 Å². The molecule has 0 radical (unpaired) electrons. The Labute approximate surface area is 121 Å². The van der Waals surface area contributed by atoms with E-state index >= 15 is 0 Å². The summed E-state index contributed by atoms with van der Waals surface area (Å²) in [6.45, 7) is 0. The van der Waals surface area contributed by atoms with Crippen molar-refractivity contribution in [3.05, 3.63) is 42.2 Å². The molecule has 2 heterocycles. The Kier molecular flexibility index (Phi) is 3.48. The van der Waals surface area contributed by atoms with Crippen molar-refractivity contribution in [2.45, 2.75) is 43.9 Å².